The van der Waals surface area contributed by atoms with Gasteiger partial charge in [0, 0.05) is 19.3 Å². The number of carbonyl (C=O) groups excluding carboxylic acids is 1. The van der Waals surface area contributed by atoms with Crippen molar-refractivity contribution in [2.24, 2.45) is 11.8 Å². The molecule has 5 nitrogen and oxygen atoms in total. The highest BCUT2D eigenvalue weighted by Gasteiger charge is 2.27. The molecule has 98 valence electrons. The minimum atomic E-state index is 0.0453. The van der Waals surface area contributed by atoms with E-state index < -0.39 is 0 Å². The Kier molecular flexibility index (Phi) is 4.15. The lowest BCUT2D eigenvalue weighted by molar-refractivity contribution is 0.0787. The quantitative estimate of drug-likeness (QED) is 0.627. The summed E-state index contributed by atoms with van der Waals surface area (Å²) in [4.78, 5) is 18.2. The largest absolute Gasteiger partial charge is 0.338 e. The molecule has 1 unspecified atom stereocenters. The zero-order valence-corrected chi connectivity index (χ0v) is 10.7. The fourth-order valence-electron chi connectivity index (χ4n) is 2.53. The first kappa shape index (κ1) is 12.8. The van der Waals surface area contributed by atoms with Gasteiger partial charge >= 0.3 is 0 Å². The molecule has 0 bridgehead atoms. The number of hydrazine groups is 1. The zero-order valence-electron chi connectivity index (χ0n) is 10.7. The van der Waals surface area contributed by atoms with Gasteiger partial charge < -0.3 is 10.3 Å². The first-order chi connectivity index (χ1) is 8.76. The fourth-order valence-corrected chi connectivity index (χ4v) is 2.53. The van der Waals surface area contributed by atoms with Crippen molar-refractivity contribution in [2.75, 3.05) is 18.5 Å². The van der Waals surface area contributed by atoms with E-state index in [-0.39, 0.29) is 5.91 Å². The number of hydrogen-bond acceptors (Lipinski definition) is 4. The van der Waals surface area contributed by atoms with Gasteiger partial charge in [-0.25, -0.2) is 0 Å². The van der Waals surface area contributed by atoms with Crippen molar-refractivity contribution in [1.29, 1.82) is 0 Å². The van der Waals surface area contributed by atoms with Crippen molar-refractivity contribution >= 4 is 11.6 Å². The van der Waals surface area contributed by atoms with E-state index in [9.17, 15) is 4.79 Å². The lowest BCUT2D eigenvalue weighted by Crippen LogP contribution is -2.29. The number of carbonyl (C=O) groups is 1. The smallest absolute Gasteiger partial charge is 0.256 e. The molecule has 1 aliphatic rings. The van der Waals surface area contributed by atoms with Gasteiger partial charge in [-0.2, -0.15) is 0 Å². The third-order valence-electron chi connectivity index (χ3n) is 3.48. The van der Waals surface area contributed by atoms with E-state index in [0.717, 1.165) is 19.5 Å². The van der Waals surface area contributed by atoms with Gasteiger partial charge in [0.15, 0.2) is 0 Å². The standard InChI is InChI=1S/C13H20N4O/c1-2-3-10-5-7-17(9-10)13(18)11-4-6-15-8-12(11)16-14/h4,6,8,10,16H,2-3,5,7,9,14H2,1H3. The molecule has 1 fully saturated rings. The van der Waals surface area contributed by atoms with Crippen LogP contribution < -0.4 is 11.3 Å². The summed E-state index contributed by atoms with van der Waals surface area (Å²) in [6, 6.07) is 1.71. The molecule has 2 heterocycles. The Morgan fingerprint density at radius 3 is 3.22 bits per heavy atom. The Balaban J connectivity index is 2.08. The number of anilines is 1. The Morgan fingerprint density at radius 1 is 1.67 bits per heavy atom. The van der Waals surface area contributed by atoms with E-state index in [4.69, 9.17) is 5.84 Å². The Hall–Kier alpha value is -1.62. The number of hydrogen-bond donors (Lipinski definition) is 2. The van der Waals surface area contributed by atoms with Crippen LogP contribution in [0.3, 0.4) is 0 Å². The summed E-state index contributed by atoms with van der Waals surface area (Å²) in [5, 5.41) is 0. The predicted molar refractivity (Wildman–Crippen MR) is 71.0 cm³/mol. The summed E-state index contributed by atoms with van der Waals surface area (Å²) in [7, 11) is 0. The van der Waals surface area contributed by atoms with Crippen molar-refractivity contribution in [2.45, 2.75) is 26.2 Å². The molecule has 1 aromatic heterocycles. The summed E-state index contributed by atoms with van der Waals surface area (Å²) < 4.78 is 0. The van der Waals surface area contributed by atoms with Gasteiger partial charge in [-0.15, -0.1) is 0 Å². The van der Waals surface area contributed by atoms with Crippen LogP contribution in [0.2, 0.25) is 0 Å². The number of likely N-dealkylation sites (tertiary alicyclic amines) is 1. The minimum Gasteiger partial charge on any atom is -0.338 e. The maximum absolute atomic E-state index is 12.4. The van der Waals surface area contributed by atoms with Crippen LogP contribution in [0, 0.1) is 5.92 Å². The zero-order chi connectivity index (χ0) is 13.0. The highest BCUT2D eigenvalue weighted by atomic mass is 16.2. The number of nitrogens with one attached hydrogen (secondary N) is 1. The number of aromatic nitrogens is 1. The van der Waals surface area contributed by atoms with E-state index in [0.29, 0.717) is 17.2 Å². The summed E-state index contributed by atoms with van der Waals surface area (Å²) in [6.45, 7) is 3.89. The molecule has 1 aromatic rings. The number of amides is 1. The monoisotopic (exact) mass is 248 g/mol. The predicted octanol–water partition coefficient (Wildman–Crippen LogP) is 1.63. The number of nitrogen functional groups attached to an aromatic ring is 1. The fraction of sp³-hybridized carbons (Fsp3) is 0.538. The molecule has 0 spiro atoms. The first-order valence-corrected chi connectivity index (χ1v) is 6.46. The van der Waals surface area contributed by atoms with Crippen LogP contribution in [-0.2, 0) is 0 Å². The third kappa shape index (κ3) is 2.61. The van der Waals surface area contributed by atoms with Gasteiger partial charge in [0.2, 0.25) is 0 Å². The van der Waals surface area contributed by atoms with E-state index >= 15 is 0 Å². The van der Waals surface area contributed by atoms with Gasteiger partial charge in [-0.3, -0.25) is 15.6 Å². The van der Waals surface area contributed by atoms with Crippen LogP contribution in [0.25, 0.3) is 0 Å². The maximum Gasteiger partial charge on any atom is 0.256 e. The Morgan fingerprint density at radius 2 is 2.50 bits per heavy atom. The summed E-state index contributed by atoms with van der Waals surface area (Å²) >= 11 is 0. The SMILES string of the molecule is CCCC1CCN(C(=O)c2ccncc2NN)C1. The maximum atomic E-state index is 12.4. The van der Waals surface area contributed by atoms with Gasteiger partial charge in [0.1, 0.15) is 0 Å². The third-order valence-corrected chi connectivity index (χ3v) is 3.48. The molecule has 0 aromatic carbocycles. The number of nitrogens with two attached hydrogens (primary N) is 1. The van der Waals surface area contributed by atoms with Crippen molar-refractivity contribution in [3.05, 3.63) is 24.0 Å². The normalized spacial score (nSPS) is 19.0. The Labute approximate surface area is 107 Å². The summed E-state index contributed by atoms with van der Waals surface area (Å²) in [6.07, 6.45) is 6.68. The van der Waals surface area contributed by atoms with Crippen LogP contribution in [0.1, 0.15) is 36.5 Å². The van der Waals surface area contributed by atoms with Gasteiger partial charge in [0.05, 0.1) is 17.4 Å². The average molecular weight is 248 g/mol. The van der Waals surface area contributed by atoms with E-state index in [1.54, 1.807) is 18.5 Å². The van der Waals surface area contributed by atoms with Crippen LogP contribution in [0.15, 0.2) is 18.5 Å². The second kappa shape index (κ2) is 5.82. The number of pyridine rings is 1. The van der Waals surface area contributed by atoms with Crippen molar-refractivity contribution < 1.29 is 4.79 Å². The van der Waals surface area contributed by atoms with E-state index in [1.165, 1.54) is 12.8 Å². The molecule has 1 aliphatic heterocycles. The molecular weight excluding hydrogens is 228 g/mol. The molecule has 5 heteroatoms. The molecule has 0 aliphatic carbocycles. The lowest BCUT2D eigenvalue weighted by atomic mass is 10.0. The van der Waals surface area contributed by atoms with Gasteiger partial charge in [-0.1, -0.05) is 13.3 Å². The van der Waals surface area contributed by atoms with Crippen molar-refractivity contribution in [3.8, 4) is 0 Å². The van der Waals surface area contributed by atoms with Crippen molar-refractivity contribution in [1.82, 2.24) is 9.88 Å². The van der Waals surface area contributed by atoms with E-state index in [2.05, 4.69) is 17.3 Å². The molecule has 1 saturated heterocycles. The van der Waals surface area contributed by atoms with Gasteiger partial charge in [0.25, 0.3) is 5.91 Å². The van der Waals surface area contributed by atoms with Crippen LogP contribution in [0.4, 0.5) is 5.69 Å². The van der Waals surface area contributed by atoms with Crippen LogP contribution in [-0.4, -0.2) is 28.9 Å². The Bertz CT molecular complexity index is 421. The summed E-state index contributed by atoms with van der Waals surface area (Å²) in [5.74, 6) is 6.09. The minimum absolute atomic E-state index is 0.0453. The summed E-state index contributed by atoms with van der Waals surface area (Å²) in [5.41, 5.74) is 3.71. The average Bonchev–Trinajstić information content (AvgIpc) is 2.87. The molecule has 3 N–H and O–H groups in total. The number of nitrogens with zero attached hydrogens (tertiary/aromatic N) is 2. The number of rotatable bonds is 4. The molecule has 1 amide bonds. The van der Waals surface area contributed by atoms with Gasteiger partial charge in [-0.05, 0) is 24.8 Å². The molecule has 2 rings (SSSR count). The molecule has 0 saturated carbocycles. The van der Waals surface area contributed by atoms with Crippen LogP contribution >= 0.6 is 0 Å². The topological polar surface area (TPSA) is 71.2 Å². The highest BCUT2D eigenvalue weighted by molar-refractivity contribution is 5.99. The van der Waals surface area contributed by atoms with Crippen LogP contribution in [0.5, 0.6) is 0 Å². The molecule has 0 radical (unpaired) electrons. The second-order valence-corrected chi connectivity index (χ2v) is 4.76. The van der Waals surface area contributed by atoms with Crippen molar-refractivity contribution in [3.63, 3.8) is 0 Å². The second-order valence-electron chi connectivity index (χ2n) is 4.76. The molecular formula is C13H20N4O. The first-order valence-electron chi connectivity index (χ1n) is 6.46. The van der Waals surface area contributed by atoms with E-state index in [1.807, 2.05) is 4.90 Å². The lowest BCUT2D eigenvalue weighted by Gasteiger charge is -2.18. The molecule has 1 atom stereocenters. The molecule has 18 heavy (non-hydrogen) atoms. The highest BCUT2D eigenvalue weighted by Crippen LogP contribution is 2.24.